The third-order valence-corrected chi connectivity index (χ3v) is 3.97. The Labute approximate surface area is 126 Å². The summed E-state index contributed by atoms with van der Waals surface area (Å²) in [5, 5.41) is 7.20. The fourth-order valence-corrected chi connectivity index (χ4v) is 2.70. The fourth-order valence-electron chi connectivity index (χ4n) is 2.22. The zero-order valence-corrected chi connectivity index (χ0v) is 12.6. The minimum Gasteiger partial charge on any atom is -0.382 e. The van der Waals surface area contributed by atoms with Crippen LogP contribution in [0.1, 0.15) is 5.56 Å². The van der Waals surface area contributed by atoms with Gasteiger partial charge in [-0.25, -0.2) is 0 Å². The van der Waals surface area contributed by atoms with E-state index in [0.717, 1.165) is 26.9 Å². The number of aryl methyl sites for hydroxylation is 1. The molecule has 1 aromatic heterocycles. The molecule has 0 aliphatic heterocycles. The van der Waals surface area contributed by atoms with Gasteiger partial charge in [0.2, 0.25) is 0 Å². The molecule has 3 aromatic rings. The third-order valence-electron chi connectivity index (χ3n) is 3.28. The van der Waals surface area contributed by atoms with Crippen molar-refractivity contribution in [3.63, 3.8) is 0 Å². The number of H-pyrrole nitrogens is 1. The number of benzene rings is 2. The molecule has 0 radical (unpaired) electrons. The van der Waals surface area contributed by atoms with Crippen LogP contribution in [-0.2, 0) is 0 Å². The summed E-state index contributed by atoms with van der Waals surface area (Å²) in [5.41, 5.74) is 11.3. The van der Waals surface area contributed by atoms with Crippen molar-refractivity contribution in [3.05, 3.63) is 58.6 Å². The summed E-state index contributed by atoms with van der Waals surface area (Å²) in [7, 11) is 0. The van der Waals surface area contributed by atoms with Crippen LogP contribution in [0.4, 0.5) is 5.82 Å². The van der Waals surface area contributed by atoms with E-state index in [1.807, 2.05) is 24.3 Å². The number of hydrogen-bond donors (Lipinski definition) is 2. The standard InChI is InChI=1S/C16H14BrN3/c1-10-6-8-11(9-7-10)15-14(16(18)20-19-15)12-4-2-3-5-13(12)17/h2-9H,1H3,(H3,18,19,20). The molecular formula is C16H14BrN3. The van der Waals surface area contributed by atoms with Crippen LogP contribution < -0.4 is 5.73 Å². The Hall–Kier alpha value is -2.07. The molecule has 0 unspecified atom stereocenters. The number of aromatic nitrogens is 2. The quantitative estimate of drug-likeness (QED) is 0.733. The van der Waals surface area contributed by atoms with E-state index in [-0.39, 0.29) is 0 Å². The zero-order valence-electron chi connectivity index (χ0n) is 11.0. The van der Waals surface area contributed by atoms with E-state index in [2.05, 4.69) is 57.3 Å². The zero-order chi connectivity index (χ0) is 14.1. The van der Waals surface area contributed by atoms with Crippen molar-refractivity contribution < 1.29 is 0 Å². The number of rotatable bonds is 2. The Bertz CT molecular complexity index is 745. The maximum atomic E-state index is 6.05. The number of nitrogens with one attached hydrogen (secondary N) is 1. The molecule has 0 amide bonds. The molecule has 2 aromatic carbocycles. The van der Waals surface area contributed by atoms with Crippen LogP contribution in [0.2, 0.25) is 0 Å². The molecule has 0 saturated heterocycles. The number of aromatic amines is 1. The average Bonchev–Trinajstić information content (AvgIpc) is 2.82. The van der Waals surface area contributed by atoms with Crippen molar-refractivity contribution in [2.45, 2.75) is 6.92 Å². The lowest BCUT2D eigenvalue weighted by molar-refractivity contribution is 1.10. The van der Waals surface area contributed by atoms with E-state index in [1.54, 1.807) is 0 Å². The molecule has 0 saturated carbocycles. The summed E-state index contributed by atoms with van der Waals surface area (Å²) in [5.74, 6) is 0.507. The molecule has 3 rings (SSSR count). The molecule has 20 heavy (non-hydrogen) atoms. The number of halogens is 1. The SMILES string of the molecule is Cc1ccc(-c2[nH]nc(N)c2-c2ccccc2Br)cc1. The first-order valence-corrected chi connectivity index (χ1v) is 7.12. The van der Waals surface area contributed by atoms with Crippen LogP contribution in [0.5, 0.6) is 0 Å². The number of nitrogens with zero attached hydrogens (tertiary/aromatic N) is 1. The predicted octanol–water partition coefficient (Wildman–Crippen LogP) is 4.40. The minimum absolute atomic E-state index is 0.507. The molecule has 1 heterocycles. The highest BCUT2D eigenvalue weighted by Gasteiger charge is 2.16. The summed E-state index contributed by atoms with van der Waals surface area (Å²) >= 11 is 3.57. The average molecular weight is 328 g/mol. The second kappa shape index (κ2) is 5.13. The topological polar surface area (TPSA) is 54.7 Å². The molecule has 0 atom stereocenters. The largest absolute Gasteiger partial charge is 0.382 e. The van der Waals surface area contributed by atoms with Gasteiger partial charge in [-0.2, -0.15) is 5.10 Å². The molecule has 0 bridgehead atoms. The lowest BCUT2D eigenvalue weighted by atomic mass is 10.0. The summed E-state index contributed by atoms with van der Waals surface area (Å²) in [4.78, 5) is 0. The third kappa shape index (κ3) is 2.23. The second-order valence-corrected chi connectivity index (χ2v) is 5.56. The van der Waals surface area contributed by atoms with Gasteiger partial charge in [-0.15, -0.1) is 0 Å². The van der Waals surface area contributed by atoms with E-state index >= 15 is 0 Å². The highest BCUT2D eigenvalue weighted by Crippen LogP contribution is 2.38. The maximum Gasteiger partial charge on any atom is 0.153 e. The van der Waals surface area contributed by atoms with Crippen molar-refractivity contribution in [1.29, 1.82) is 0 Å². The van der Waals surface area contributed by atoms with Gasteiger partial charge in [-0.3, -0.25) is 5.10 Å². The molecule has 0 aliphatic rings. The van der Waals surface area contributed by atoms with Gasteiger partial charge in [-0.05, 0) is 13.0 Å². The van der Waals surface area contributed by atoms with Gasteiger partial charge in [0.1, 0.15) is 0 Å². The molecule has 0 aliphatic carbocycles. The lowest BCUT2D eigenvalue weighted by Gasteiger charge is -2.07. The molecule has 100 valence electrons. The van der Waals surface area contributed by atoms with Gasteiger partial charge in [0.05, 0.1) is 11.3 Å². The Kier molecular flexibility index (Phi) is 3.32. The molecule has 4 heteroatoms. The van der Waals surface area contributed by atoms with Crippen LogP contribution in [0.25, 0.3) is 22.4 Å². The Balaban J connectivity index is 2.20. The Morgan fingerprint density at radius 2 is 1.75 bits per heavy atom. The van der Waals surface area contributed by atoms with Crippen LogP contribution in [0.15, 0.2) is 53.0 Å². The molecular weight excluding hydrogens is 314 g/mol. The minimum atomic E-state index is 0.507. The number of nitrogen functional groups attached to an aromatic ring is 1. The van der Waals surface area contributed by atoms with Gasteiger partial charge in [-0.1, -0.05) is 64.0 Å². The first-order valence-electron chi connectivity index (χ1n) is 6.32. The van der Waals surface area contributed by atoms with Crippen LogP contribution >= 0.6 is 15.9 Å². The maximum absolute atomic E-state index is 6.05. The monoisotopic (exact) mass is 327 g/mol. The Morgan fingerprint density at radius 3 is 2.45 bits per heavy atom. The van der Waals surface area contributed by atoms with E-state index < -0.39 is 0 Å². The lowest BCUT2D eigenvalue weighted by Crippen LogP contribution is -1.89. The van der Waals surface area contributed by atoms with Gasteiger partial charge >= 0.3 is 0 Å². The highest BCUT2D eigenvalue weighted by molar-refractivity contribution is 9.10. The Morgan fingerprint density at radius 1 is 1.05 bits per heavy atom. The van der Waals surface area contributed by atoms with Crippen molar-refractivity contribution in [1.82, 2.24) is 10.2 Å². The van der Waals surface area contributed by atoms with E-state index in [1.165, 1.54) is 5.56 Å². The summed E-state index contributed by atoms with van der Waals surface area (Å²) in [6.45, 7) is 2.07. The summed E-state index contributed by atoms with van der Waals surface area (Å²) < 4.78 is 1.00. The van der Waals surface area contributed by atoms with Gasteiger partial charge in [0, 0.05) is 15.6 Å². The molecule has 0 fully saturated rings. The van der Waals surface area contributed by atoms with Crippen LogP contribution in [0, 0.1) is 6.92 Å². The van der Waals surface area contributed by atoms with E-state index in [0.29, 0.717) is 5.82 Å². The first-order chi connectivity index (χ1) is 9.66. The fraction of sp³-hybridized carbons (Fsp3) is 0.0625. The molecule has 0 spiro atoms. The highest BCUT2D eigenvalue weighted by atomic mass is 79.9. The van der Waals surface area contributed by atoms with E-state index in [4.69, 9.17) is 5.73 Å². The number of anilines is 1. The number of hydrogen-bond acceptors (Lipinski definition) is 2. The van der Waals surface area contributed by atoms with Gasteiger partial charge < -0.3 is 5.73 Å². The predicted molar refractivity (Wildman–Crippen MR) is 86.3 cm³/mol. The summed E-state index contributed by atoms with van der Waals surface area (Å²) in [6, 6.07) is 16.3. The van der Waals surface area contributed by atoms with Gasteiger partial charge in [0.15, 0.2) is 5.82 Å². The normalized spacial score (nSPS) is 10.7. The molecule has 3 nitrogen and oxygen atoms in total. The van der Waals surface area contributed by atoms with Crippen LogP contribution in [0.3, 0.4) is 0 Å². The van der Waals surface area contributed by atoms with Crippen LogP contribution in [-0.4, -0.2) is 10.2 Å². The first kappa shape index (κ1) is 12.9. The van der Waals surface area contributed by atoms with Crippen molar-refractivity contribution in [2.24, 2.45) is 0 Å². The van der Waals surface area contributed by atoms with Crippen molar-refractivity contribution >= 4 is 21.7 Å². The van der Waals surface area contributed by atoms with Crippen molar-refractivity contribution in [2.75, 3.05) is 5.73 Å². The molecule has 3 N–H and O–H groups in total. The summed E-state index contributed by atoms with van der Waals surface area (Å²) in [6.07, 6.45) is 0. The number of nitrogens with two attached hydrogens (primary N) is 1. The smallest absolute Gasteiger partial charge is 0.153 e. The van der Waals surface area contributed by atoms with Gasteiger partial charge in [0.25, 0.3) is 0 Å². The second-order valence-electron chi connectivity index (χ2n) is 4.70. The van der Waals surface area contributed by atoms with E-state index in [9.17, 15) is 0 Å². The van der Waals surface area contributed by atoms with Crippen molar-refractivity contribution in [3.8, 4) is 22.4 Å².